The van der Waals surface area contributed by atoms with Gasteiger partial charge in [-0.3, -0.25) is 14.7 Å². The van der Waals surface area contributed by atoms with Crippen LogP contribution < -0.4 is 10.6 Å². The van der Waals surface area contributed by atoms with Gasteiger partial charge in [-0.2, -0.15) is 0 Å². The normalized spacial score (nSPS) is 19.5. The molecular formula is C19H36N6O3. The van der Waals surface area contributed by atoms with Crippen LogP contribution in [0, 0.1) is 0 Å². The first-order valence-electron chi connectivity index (χ1n) is 10.5. The number of piperazine rings is 1. The molecule has 0 unspecified atom stereocenters. The number of hydrogen-bond donors (Lipinski definition) is 2. The predicted molar refractivity (Wildman–Crippen MR) is 109 cm³/mol. The number of ether oxygens (including phenoxy) is 1. The van der Waals surface area contributed by atoms with E-state index < -0.39 is 0 Å². The van der Waals surface area contributed by atoms with E-state index in [0.29, 0.717) is 25.7 Å². The maximum atomic E-state index is 11.8. The number of guanidine groups is 1. The van der Waals surface area contributed by atoms with E-state index in [0.717, 1.165) is 64.6 Å². The number of amides is 2. The number of piperidine rings is 1. The van der Waals surface area contributed by atoms with Crippen molar-refractivity contribution in [2.75, 3.05) is 65.5 Å². The molecule has 0 aromatic carbocycles. The minimum atomic E-state index is -0.216. The molecule has 2 saturated heterocycles. The summed E-state index contributed by atoms with van der Waals surface area (Å²) in [6.07, 6.45) is 1.55. The van der Waals surface area contributed by atoms with Crippen molar-refractivity contribution in [3.8, 4) is 0 Å². The van der Waals surface area contributed by atoms with Crippen molar-refractivity contribution in [2.24, 2.45) is 4.99 Å². The second-order valence-electron chi connectivity index (χ2n) is 7.21. The Morgan fingerprint density at radius 1 is 1.04 bits per heavy atom. The van der Waals surface area contributed by atoms with Crippen molar-refractivity contribution in [3.05, 3.63) is 0 Å². The van der Waals surface area contributed by atoms with Gasteiger partial charge in [-0.1, -0.05) is 0 Å². The summed E-state index contributed by atoms with van der Waals surface area (Å²) < 4.78 is 5.07. The van der Waals surface area contributed by atoms with Crippen LogP contribution in [-0.2, 0) is 9.53 Å². The molecule has 0 bridgehead atoms. The largest absolute Gasteiger partial charge is 0.450 e. The van der Waals surface area contributed by atoms with Crippen LogP contribution in [0.3, 0.4) is 0 Å². The Kier molecular flexibility index (Phi) is 9.33. The maximum Gasteiger partial charge on any atom is 0.409 e. The molecule has 2 N–H and O–H groups in total. The first-order chi connectivity index (χ1) is 13.5. The van der Waals surface area contributed by atoms with E-state index in [1.807, 2.05) is 11.8 Å². The summed E-state index contributed by atoms with van der Waals surface area (Å²) >= 11 is 0. The molecule has 0 radical (unpaired) electrons. The number of nitrogens with zero attached hydrogens (tertiary/aromatic N) is 4. The maximum absolute atomic E-state index is 11.8. The number of aliphatic imine (C=N–C) groups is 1. The zero-order valence-electron chi connectivity index (χ0n) is 17.6. The summed E-state index contributed by atoms with van der Waals surface area (Å²) in [5, 5.41) is 6.80. The van der Waals surface area contributed by atoms with Crippen LogP contribution >= 0.6 is 0 Å². The van der Waals surface area contributed by atoms with Gasteiger partial charge in [0.2, 0.25) is 5.91 Å². The van der Waals surface area contributed by atoms with Crippen LogP contribution in [0.1, 0.15) is 33.6 Å². The number of nitrogens with one attached hydrogen (secondary N) is 2. The van der Waals surface area contributed by atoms with E-state index in [1.165, 1.54) is 0 Å². The van der Waals surface area contributed by atoms with Gasteiger partial charge in [0.1, 0.15) is 0 Å². The molecule has 2 fully saturated rings. The summed E-state index contributed by atoms with van der Waals surface area (Å²) in [4.78, 5) is 33.9. The van der Waals surface area contributed by atoms with Crippen molar-refractivity contribution in [2.45, 2.75) is 39.7 Å². The predicted octanol–water partition coefficient (Wildman–Crippen LogP) is 0.327. The highest BCUT2D eigenvalue weighted by atomic mass is 16.6. The first kappa shape index (κ1) is 22.3. The highest BCUT2D eigenvalue weighted by Crippen LogP contribution is 2.11. The zero-order chi connectivity index (χ0) is 20.4. The molecular weight excluding hydrogens is 360 g/mol. The van der Waals surface area contributed by atoms with Gasteiger partial charge in [0.15, 0.2) is 5.96 Å². The molecule has 0 atom stereocenters. The molecule has 28 heavy (non-hydrogen) atoms. The summed E-state index contributed by atoms with van der Waals surface area (Å²) in [5.74, 6) is 0.991. The summed E-state index contributed by atoms with van der Waals surface area (Å²) in [6, 6.07) is 0.308. The fraction of sp³-hybridized carbons (Fsp3) is 0.842. The van der Waals surface area contributed by atoms with Crippen molar-refractivity contribution >= 4 is 18.0 Å². The summed E-state index contributed by atoms with van der Waals surface area (Å²) in [7, 11) is 0. The Hall–Kier alpha value is -2.03. The summed E-state index contributed by atoms with van der Waals surface area (Å²) in [6.45, 7) is 13.2. The van der Waals surface area contributed by atoms with Gasteiger partial charge in [0.25, 0.3) is 0 Å². The minimum Gasteiger partial charge on any atom is -0.450 e. The summed E-state index contributed by atoms with van der Waals surface area (Å²) in [5.41, 5.74) is 0. The monoisotopic (exact) mass is 396 g/mol. The Morgan fingerprint density at radius 3 is 2.29 bits per heavy atom. The lowest BCUT2D eigenvalue weighted by Gasteiger charge is -2.34. The number of carbonyl (C=O) groups is 2. The highest BCUT2D eigenvalue weighted by Gasteiger charge is 2.24. The third-order valence-corrected chi connectivity index (χ3v) is 5.21. The fourth-order valence-electron chi connectivity index (χ4n) is 3.52. The SMILES string of the molecule is CCNC(=NCCN1CCN(C(C)=O)CC1)NC1CCN(C(=O)OCC)CC1. The van der Waals surface area contributed by atoms with Gasteiger partial charge >= 0.3 is 6.09 Å². The van der Waals surface area contributed by atoms with Crippen LogP contribution in [0.25, 0.3) is 0 Å². The van der Waals surface area contributed by atoms with E-state index in [4.69, 9.17) is 9.73 Å². The van der Waals surface area contributed by atoms with Crippen molar-refractivity contribution in [1.29, 1.82) is 0 Å². The molecule has 160 valence electrons. The highest BCUT2D eigenvalue weighted by molar-refractivity contribution is 5.80. The number of hydrogen-bond acceptors (Lipinski definition) is 5. The molecule has 0 spiro atoms. The molecule has 0 aromatic rings. The lowest BCUT2D eigenvalue weighted by Crippen LogP contribution is -2.50. The van der Waals surface area contributed by atoms with Gasteiger partial charge in [0.05, 0.1) is 13.2 Å². The smallest absolute Gasteiger partial charge is 0.409 e. The molecule has 2 amide bonds. The molecule has 0 aliphatic carbocycles. The van der Waals surface area contributed by atoms with Gasteiger partial charge in [0, 0.05) is 65.3 Å². The van der Waals surface area contributed by atoms with Crippen LogP contribution in [0.5, 0.6) is 0 Å². The lowest BCUT2D eigenvalue weighted by molar-refractivity contribution is -0.130. The van der Waals surface area contributed by atoms with Gasteiger partial charge < -0.3 is 25.2 Å². The topological polar surface area (TPSA) is 89.5 Å². The van der Waals surface area contributed by atoms with Gasteiger partial charge in [-0.05, 0) is 26.7 Å². The van der Waals surface area contributed by atoms with Crippen LogP contribution in [0.2, 0.25) is 0 Å². The second-order valence-corrected chi connectivity index (χ2v) is 7.21. The second kappa shape index (κ2) is 11.7. The molecule has 2 aliphatic heterocycles. The first-order valence-corrected chi connectivity index (χ1v) is 10.5. The average Bonchev–Trinajstić information content (AvgIpc) is 2.69. The van der Waals surface area contributed by atoms with Crippen LogP contribution in [0.15, 0.2) is 4.99 Å². The van der Waals surface area contributed by atoms with Gasteiger partial charge in [-0.25, -0.2) is 4.79 Å². The lowest BCUT2D eigenvalue weighted by atomic mass is 10.1. The zero-order valence-corrected chi connectivity index (χ0v) is 17.6. The number of rotatable bonds is 6. The van der Waals surface area contributed by atoms with E-state index in [2.05, 4.69) is 22.5 Å². The molecule has 9 nitrogen and oxygen atoms in total. The van der Waals surface area contributed by atoms with E-state index in [1.54, 1.807) is 11.8 Å². The van der Waals surface area contributed by atoms with Gasteiger partial charge in [-0.15, -0.1) is 0 Å². The van der Waals surface area contributed by atoms with Crippen molar-refractivity contribution < 1.29 is 14.3 Å². The van der Waals surface area contributed by atoms with E-state index in [9.17, 15) is 9.59 Å². The van der Waals surface area contributed by atoms with Crippen molar-refractivity contribution in [3.63, 3.8) is 0 Å². The molecule has 2 aliphatic rings. The molecule has 0 aromatic heterocycles. The van der Waals surface area contributed by atoms with E-state index >= 15 is 0 Å². The minimum absolute atomic E-state index is 0.158. The molecule has 2 heterocycles. The average molecular weight is 397 g/mol. The Balaban J connectivity index is 1.72. The number of likely N-dealkylation sites (tertiary alicyclic amines) is 1. The van der Waals surface area contributed by atoms with Crippen LogP contribution in [0.4, 0.5) is 4.79 Å². The molecule has 2 rings (SSSR count). The quantitative estimate of drug-likeness (QED) is 0.497. The fourth-order valence-corrected chi connectivity index (χ4v) is 3.52. The van der Waals surface area contributed by atoms with Crippen molar-refractivity contribution in [1.82, 2.24) is 25.3 Å². The number of carbonyl (C=O) groups excluding carboxylic acids is 2. The Bertz CT molecular complexity index is 526. The van der Waals surface area contributed by atoms with E-state index in [-0.39, 0.29) is 12.0 Å². The Morgan fingerprint density at radius 2 is 1.71 bits per heavy atom. The van der Waals surface area contributed by atoms with Crippen LogP contribution in [-0.4, -0.2) is 104 Å². The standard InChI is InChI=1S/C19H36N6O3/c1-4-20-18(21-8-11-23-12-14-24(15-13-23)16(3)26)22-17-6-9-25(10-7-17)19(27)28-5-2/h17H,4-15H2,1-3H3,(H2,20,21,22). The molecule has 0 saturated carbocycles. The molecule has 9 heteroatoms. The Labute approximate surface area is 168 Å². The third-order valence-electron chi connectivity index (χ3n) is 5.21. The third kappa shape index (κ3) is 7.18.